The van der Waals surface area contributed by atoms with Crippen molar-refractivity contribution in [2.75, 3.05) is 13.2 Å². The quantitative estimate of drug-likeness (QED) is 0.330. The minimum Gasteiger partial charge on any atom is -0.393 e. The molecule has 1 N–H and O–H groups in total. The van der Waals surface area contributed by atoms with Gasteiger partial charge in [-0.2, -0.15) is 0 Å². The minimum absolute atomic E-state index is 0.0246. The lowest BCUT2D eigenvalue weighted by molar-refractivity contribution is 0.0984. The molecule has 0 aliphatic carbocycles. The average Bonchev–Trinajstić information content (AvgIpc) is 1.66. The van der Waals surface area contributed by atoms with E-state index >= 15 is 0 Å². The van der Waals surface area contributed by atoms with Crippen molar-refractivity contribution in [2.45, 2.75) is 13.8 Å². The molecule has 0 bridgehead atoms. The molecule has 0 aromatic heterocycles. The van der Waals surface area contributed by atoms with Crippen LogP contribution in [0.25, 0.3) is 0 Å². The summed E-state index contributed by atoms with van der Waals surface area (Å²) in [6, 6.07) is 0. The van der Waals surface area contributed by atoms with E-state index < -0.39 is 0 Å². The standard InChI is InChI=1S/C5H11NO2/c1-5(2)6-8-4-3-7/h7H,3-4H2,1-2H3. The summed E-state index contributed by atoms with van der Waals surface area (Å²) in [4.78, 5) is 4.58. The molecule has 48 valence electrons. The zero-order chi connectivity index (χ0) is 6.41. The van der Waals surface area contributed by atoms with Crippen LogP contribution in [0.1, 0.15) is 13.8 Å². The number of aliphatic hydroxyl groups excluding tert-OH is 1. The van der Waals surface area contributed by atoms with Crippen LogP contribution in [0.15, 0.2) is 5.16 Å². The molecule has 0 aliphatic heterocycles. The van der Waals surface area contributed by atoms with Crippen LogP contribution in [0, 0.1) is 0 Å². The number of hydrogen-bond donors (Lipinski definition) is 1. The molecule has 0 aliphatic rings. The fourth-order valence-electron chi connectivity index (χ4n) is 0.216. The van der Waals surface area contributed by atoms with E-state index in [0.29, 0.717) is 0 Å². The van der Waals surface area contributed by atoms with Gasteiger partial charge in [0, 0.05) is 0 Å². The second kappa shape index (κ2) is 4.59. The smallest absolute Gasteiger partial charge is 0.140 e. The molecule has 8 heavy (non-hydrogen) atoms. The molecule has 3 nitrogen and oxygen atoms in total. The molecular weight excluding hydrogens is 106 g/mol. The van der Waals surface area contributed by atoms with E-state index in [-0.39, 0.29) is 13.2 Å². The largest absolute Gasteiger partial charge is 0.393 e. The molecule has 0 aromatic rings. The predicted molar refractivity (Wildman–Crippen MR) is 31.8 cm³/mol. The van der Waals surface area contributed by atoms with E-state index in [2.05, 4.69) is 9.99 Å². The van der Waals surface area contributed by atoms with Crippen molar-refractivity contribution in [1.29, 1.82) is 0 Å². The summed E-state index contributed by atoms with van der Waals surface area (Å²) in [7, 11) is 0. The number of nitrogens with zero attached hydrogens (tertiary/aromatic N) is 1. The highest BCUT2D eigenvalue weighted by molar-refractivity contribution is 5.78. The van der Waals surface area contributed by atoms with Crippen molar-refractivity contribution in [3.8, 4) is 0 Å². The third-order valence-corrected chi connectivity index (χ3v) is 0.430. The molecule has 0 atom stereocenters. The minimum atomic E-state index is 0.0246. The molecule has 0 radical (unpaired) electrons. The summed E-state index contributed by atoms with van der Waals surface area (Å²) in [6.07, 6.45) is 0. The van der Waals surface area contributed by atoms with E-state index in [4.69, 9.17) is 5.11 Å². The second-order valence-electron chi connectivity index (χ2n) is 1.60. The maximum Gasteiger partial charge on any atom is 0.140 e. The van der Waals surface area contributed by atoms with Gasteiger partial charge in [-0.3, -0.25) is 0 Å². The highest BCUT2D eigenvalue weighted by Crippen LogP contribution is 1.76. The maximum absolute atomic E-state index is 8.18. The molecule has 0 amide bonds. The number of rotatable bonds is 3. The van der Waals surface area contributed by atoms with Gasteiger partial charge < -0.3 is 9.94 Å². The van der Waals surface area contributed by atoms with Gasteiger partial charge in [-0.25, -0.2) is 0 Å². The third-order valence-electron chi connectivity index (χ3n) is 0.430. The number of hydrogen-bond acceptors (Lipinski definition) is 3. The molecule has 3 heteroatoms. The fraction of sp³-hybridized carbons (Fsp3) is 0.800. The molecule has 0 unspecified atom stereocenters. The summed E-state index contributed by atoms with van der Waals surface area (Å²) >= 11 is 0. The van der Waals surface area contributed by atoms with Gasteiger partial charge in [-0.15, -0.1) is 0 Å². The van der Waals surface area contributed by atoms with Crippen LogP contribution in [0.3, 0.4) is 0 Å². The first-order valence-electron chi connectivity index (χ1n) is 2.51. The van der Waals surface area contributed by atoms with Crippen LogP contribution in [-0.2, 0) is 4.84 Å². The Balaban J connectivity index is 3.03. The average molecular weight is 117 g/mol. The van der Waals surface area contributed by atoms with Crippen molar-refractivity contribution < 1.29 is 9.94 Å². The lowest BCUT2D eigenvalue weighted by atomic mass is 10.5. The van der Waals surface area contributed by atoms with E-state index in [9.17, 15) is 0 Å². The van der Waals surface area contributed by atoms with Crippen molar-refractivity contribution in [3.05, 3.63) is 0 Å². The van der Waals surface area contributed by atoms with Gasteiger partial charge in [0.15, 0.2) is 0 Å². The Bertz CT molecular complexity index is 76.5. The SMILES string of the molecule is CC(C)=NOCCO. The Morgan fingerprint density at radius 2 is 2.25 bits per heavy atom. The van der Waals surface area contributed by atoms with Crippen molar-refractivity contribution >= 4 is 5.71 Å². The van der Waals surface area contributed by atoms with Crippen molar-refractivity contribution in [1.82, 2.24) is 0 Å². The van der Waals surface area contributed by atoms with Gasteiger partial charge >= 0.3 is 0 Å². The van der Waals surface area contributed by atoms with Crippen LogP contribution in [0.5, 0.6) is 0 Å². The second-order valence-corrected chi connectivity index (χ2v) is 1.60. The van der Waals surface area contributed by atoms with E-state index in [1.807, 2.05) is 13.8 Å². The normalized spacial score (nSPS) is 8.38. The van der Waals surface area contributed by atoms with Crippen molar-refractivity contribution in [2.24, 2.45) is 5.16 Å². The van der Waals surface area contributed by atoms with Gasteiger partial charge in [0.25, 0.3) is 0 Å². The molecule has 0 fully saturated rings. The van der Waals surface area contributed by atoms with Crippen LogP contribution < -0.4 is 0 Å². The number of aliphatic hydroxyl groups is 1. The first-order valence-corrected chi connectivity index (χ1v) is 2.51. The van der Waals surface area contributed by atoms with Gasteiger partial charge in [-0.1, -0.05) is 5.16 Å². The Labute approximate surface area is 49.0 Å². The van der Waals surface area contributed by atoms with Gasteiger partial charge in [0.05, 0.1) is 12.3 Å². The van der Waals surface area contributed by atoms with Crippen LogP contribution in [-0.4, -0.2) is 24.0 Å². The topological polar surface area (TPSA) is 41.8 Å². The molecule has 0 spiro atoms. The monoisotopic (exact) mass is 117 g/mol. The fourth-order valence-corrected chi connectivity index (χ4v) is 0.216. The highest BCUT2D eigenvalue weighted by atomic mass is 16.6. The lowest BCUT2D eigenvalue weighted by Crippen LogP contribution is -1.94. The first-order chi connectivity index (χ1) is 3.77. The van der Waals surface area contributed by atoms with Crippen molar-refractivity contribution in [3.63, 3.8) is 0 Å². The van der Waals surface area contributed by atoms with Crippen LogP contribution in [0.2, 0.25) is 0 Å². The summed E-state index contributed by atoms with van der Waals surface area (Å²) < 4.78 is 0. The highest BCUT2D eigenvalue weighted by Gasteiger charge is 1.78. The van der Waals surface area contributed by atoms with E-state index in [1.54, 1.807) is 0 Å². The van der Waals surface area contributed by atoms with Gasteiger partial charge in [0.2, 0.25) is 0 Å². The molecule has 0 rings (SSSR count). The van der Waals surface area contributed by atoms with Gasteiger partial charge in [0.1, 0.15) is 6.61 Å². The summed E-state index contributed by atoms with van der Waals surface area (Å²) in [6.45, 7) is 3.97. The zero-order valence-electron chi connectivity index (χ0n) is 5.22. The lowest BCUT2D eigenvalue weighted by Gasteiger charge is -1.92. The summed E-state index contributed by atoms with van der Waals surface area (Å²) in [5.41, 5.74) is 0.860. The Hall–Kier alpha value is -0.570. The van der Waals surface area contributed by atoms with Gasteiger partial charge in [-0.05, 0) is 13.8 Å². The number of oxime groups is 1. The maximum atomic E-state index is 8.18. The summed E-state index contributed by atoms with van der Waals surface area (Å²) in [5, 5.41) is 11.8. The Kier molecular flexibility index (Phi) is 4.26. The molecule has 0 heterocycles. The molecule has 0 saturated carbocycles. The Morgan fingerprint density at radius 3 is 2.62 bits per heavy atom. The van der Waals surface area contributed by atoms with Crippen LogP contribution in [0.4, 0.5) is 0 Å². The third kappa shape index (κ3) is 5.43. The first kappa shape index (κ1) is 7.43. The Morgan fingerprint density at radius 1 is 1.62 bits per heavy atom. The summed E-state index contributed by atoms with van der Waals surface area (Å²) in [5.74, 6) is 0. The molecular formula is C5H11NO2. The van der Waals surface area contributed by atoms with E-state index in [0.717, 1.165) is 5.71 Å². The van der Waals surface area contributed by atoms with E-state index in [1.165, 1.54) is 0 Å². The van der Waals surface area contributed by atoms with Crippen LogP contribution >= 0.6 is 0 Å². The zero-order valence-corrected chi connectivity index (χ0v) is 5.22. The molecule has 0 saturated heterocycles. The predicted octanol–water partition coefficient (Wildman–Crippen LogP) is 0.391. The molecule has 0 aromatic carbocycles.